The maximum absolute atomic E-state index is 14.2. The third kappa shape index (κ3) is 4.55. The highest BCUT2D eigenvalue weighted by atomic mass is 19.4. The maximum Gasteiger partial charge on any atom is 0.493 e. The number of nitrogens with one attached hydrogen (secondary N) is 2. The van der Waals surface area contributed by atoms with Gasteiger partial charge in [-0.2, -0.15) is 18.7 Å². The molecule has 0 atom stereocenters. The Morgan fingerprint density at radius 1 is 1.18 bits per heavy atom. The molecule has 1 aliphatic heterocycles. The number of halogens is 4. The SMILES string of the molecule is O=C(NOC(=O)C(F)(F)F)c1ccc(-c2ccc(OC3CNC3)cn2)cc1F. The minimum atomic E-state index is -5.29. The molecule has 148 valence electrons. The van der Waals surface area contributed by atoms with E-state index in [1.54, 1.807) is 12.1 Å². The minimum Gasteiger partial charge on any atom is -0.486 e. The monoisotopic (exact) mass is 399 g/mol. The number of benzene rings is 1. The molecule has 1 aromatic carbocycles. The van der Waals surface area contributed by atoms with Crippen LogP contribution in [-0.2, 0) is 9.63 Å². The van der Waals surface area contributed by atoms with Crippen molar-refractivity contribution in [2.75, 3.05) is 13.1 Å². The molecule has 1 aromatic heterocycles. The van der Waals surface area contributed by atoms with Crippen LogP contribution in [0.3, 0.4) is 0 Å². The number of carbonyl (C=O) groups is 2. The van der Waals surface area contributed by atoms with Crippen LogP contribution in [0.2, 0.25) is 0 Å². The number of alkyl halides is 3. The molecule has 0 spiro atoms. The predicted molar refractivity (Wildman–Crippen MR) is 86.5 cm³/mol. The fraction of sp³-hybridized carbons (Fsp3) is 0.235. The lowest BCUT2D eigenvalue weighted by Crippen LogP contribution is -2.50. The highest BCUT2D eigenvalue weighted by molar-refractivity contribution is 5.95. The van der Waals surface area contributed by atoms with Crippen LogP contribution in [0.4, 0.5) is 17.6 Å². The second kappa shape index (κ2) is 7.80. The fourth-order valence-corrected chi connectivity index (χ4v) is 2.22. The summed E-state index contributed by atoms with van der Waals surface area (Å²) >= 11 is 0. The number of rotatable bonds is 4. The van der Waals surface area contributed by atoms with E-state index in [-0.39, 0.29) is 6.10 Å². The molecule has 0 bridgehead atoms. The third-order valence-corrected chi connectivity index (χ3v) is 3.76. The molecule has 7 nitrogen and oxygen atoms in total. The Kier molecular flexibility index (Phi) is 5.45. The van der Waals surface area contributed by atoms with Crippen molar-refractivity contribution >= 4 is 11.9 Å². The summed E-state index contributed by atoms with van der Waals surface area (Å²) in [4.78, 5) is 30.0. The van der Waals surface area contributed by atoms with E-state index in [0.29, 0.717) is 17.0 Å². The van der Waals surface area contributed by atoms with E-state index < -0.39 is 29.4 Å². The molecule has 0 saturated carbocycles. The van der Waals surface area contributed by atoms with Gasteiger partial charge in [-0.1, -0.05) is 6.07 Å². The number of pyridine rings is 1. The van der Waals surface area contributed by atoms with Crippen molar-refractivity contribution in [2.45, 2.75) is 12.3 Å². The molecule has 1 fully saturated rings. The van der Waals surface area contributed by atoms with Gasteiger partial charge in [-0.05, 0) is 24.3 Å². The van der Waals surface area contributed by atoms with Crippen LogP contribution in [-0.4, -0.2) is 42.2 Å². The number of aromatic nitrogens is 1. The van der Waals surface area contributed by atoms with Gasteiger partial charge in [0.2, 0.25) is 0 Å². The predicted octanol–water partition coefficient (Wildman–Crippen LogP) is 1.99. The molecule has 28 heavy (non-hydrogen) atoms. The first-order valence-corrected chi connectivity index (χ1v) is 7.96. The van der Waals surface area contributed by atoms with Crippen molar-refractivity contribution in [1.82, 2.24) is 15.8 Å². The van der Waals surface area contributed by atoms with Gasteiger partial charge in [0, 0.05) is 18.7 Å². The zero-order valence-electron chi connectivity index (χ0n) is 14.0. The number of nitrogens with zero attached hydrogens (tertiary/aromatic N) is 1. The van der Waals surface area contributed by atoms with Crippen molar-refractivity contribution in [3.63, 3.8) is 0 Å². The fourth-order valence-electron chi connectivity index (χ4n) is 2.22. The van der Waals surface area contributed by atoms with Crippen LogP contribution in [0.25, 0.3) is 11.3 Å². The zero-order valence-corrected chi connectivity index (χ0v) is 14.0. The maximum atomic E-state index is 14.2. The van der Waals surface area contributed by atoms with Gasteiger partial charge in [0.25, 0.3) is 5.91 Å². The smallest absolute Gasteiger partial charge is 0.486 e. The lowest BCUT2D eigenvalue weighted by molar-refractivity contribution is -0.204. The van der Waals surface area contributed by atoms with Crippen molar-refractivity contribution in [1.29, 1.82) is 0 Å². The van der Waals surface area contributed by atoms with Crippen LogP contribution in [0.1, 0.15) is 10.4 Å². The topological polar surface area (TPSA) is 89.5 Å². The summed E-state index contributed by atoms with van der Waals surface area (Å²) in [6.07, 6.45) is -3.73. The molecule has 11 heteroatoms. The summed E-state index contributed by atoms with van der Waals surface area (Å²) in [6.45, 7) is 1.49. The van der Waals surface area contributed by atoms with E-state index in [1.165, 1.54) is 17.7 Å². The Bertz CT molecular complexity index is 883. The largest absolute Gasteiger partial charge is 0.493 e. The Morgan fingerprint density at radius 2 is 1.93 bits per heavy atom. The second-order valence-electron chi connectivity index (χ2n) is 5.79. The van der Waals surface area contributed by atoms with E-state index in [4.69, 9.17) is 4.74 Å². The molecule has 3 rings (SSSR count). The first-order chi connectivity index (χ1) is 13.2. The molecule has 2 aromatic rings. The molecule has 0 radical (unpaired) electrons. The molecule has 1 aliphatic rings. The molecule has 2 heterocycles. The van der Waals surface area contributed by atoms with Gasteiger partial charge in [-0.15, -0.1) is 0 Å². The lowest BCUT2D eigenvalue weighted by atomic mass is 10.1. The van der Waals surface area contributed by atoms with Crippen LogP contribution < -0.4 is 15.5 Å². The summed E-state index contributed by atoms with van der Waals surface area (Å²) in [5, 5.41) is 3.06. The standard InChI is InChI=1S/C17H13F4N3O4/c18-13-5-9(14-4-2-10(8-23-14)27-11-6-22-7-11)1-3-12(13)15(25)24-28-16(26)17(19,20)21/h1-5,8,11,22H,6-7H2,(H,24,25). The number of hydrogen-bond donors (Lipinski definition) is 2. The van der Waals surface area contributed by atoms with Crippen LogP contribution >= 0.6 is 0 Å². The normalized spacial score (nSPS) is 14.1. The Morgan fingerprint density at radius 3 is 2.46 bits per heavy atom. The Hall–Kier alpha value is -3.21. The van der Waals surface area contributed by atoms with Gasteiger partial charge in [-0.3, -0.25) is 9.78 Å². The quantitative estimate of drug-likeness (QED) is 0.604. The average molecular weight is 399 g/mol. The number of hydrogen-bond acceptors (Lipinski definition) is 6. The van der Waals surface area contributed by atoms with E-state index in [1.807, 2.05) is 0 Å². The highest BCUT2D eigenvalue weighted by Gasteiger charge is 2.42. The van der Waals surface area contributed by atoms with Crippen molar-refractivity contribution in [2.24, 2.45) is 0 Å². The first-order valence-electron chi connectivity index (χ1n) is 7.96. The van der Waals surface area contributed by atoms with Crippen molar-refractivity contribution < 1.29 is 36.7 Å². The van der Waals surface area contributed by atoms with Gasteiger partial charge >= 0.3 is 12.1 Å². The summed E-state index contributed by atoms with van der Waals surface area (Å²) in [7, 11) is 0. The second-order valence-corrected chi connectivity index (χ2v) is 5.79. The third-order valence-electron chi connectivity index (χ3n) is 3.76. The number of amides is 1. The van der Waals surface area contributed by atoms with E-state index in [9.17, 15) is 27.2 Å². The first kappa shape index (κ1) is 19.5. The van der Waals surface area contributed by atoms with E-state index >= 15 is 0 Å². The van der Waals surface area contributed by atoms with Crippen LogP contribution in [0.15, 0.2) is 36.5 Å². The van der Waals surface area contributed by atoms with Crippen molar-refractivity contribution in [3.05, 3.63) is 47.9 Å². The van der Waals surface area contributed by atoms with E-state index in [2.05, 4.69) is 15.1 Å². The molecule has 0 unspecified atom stereocenters. The van der Waals surface area contributed by atoms with Gasteiger partial charge < -0.3 is 14.9 Å². The molecule has 2 N–H and O–H groups in total. The molecule has 1 saturated heterocycles. The molecular formula is C17H13F4N3O4. The van der Waals surface area contributed by atoms with Gasteiger partial charge in [-0.25, -0.2) is 9.18 Å². The summed E-state index contributed by atoms with van der Waals surface area (Å²) in [5.74, 6) is -4.44. The summed E-state index contributed by atoms with van der Waals surface area (Å²) < 4.78 is 55.9. The van der Waals surface area contributed by atoms with Gasteiger partial charge in [0.1, 0.15) is 17.7 Å². The van der Waals surface area contributed by atoms with Crippen LogP contribution in [0, 0.1) is 5.82 Å². The van der Waals surface area contributed by atoms with Gasteiger partial charge in [0.15, 0.2) is 0 Å². The van der Waals surface area contributed by atoms with E-state index in [0.717, 1.165) is 25.2 Å². The number of carbonyl (C=O) groups excluding carboxylic acids is 2. The molecular weight excluding hydrogens is 386 g/mol. The number of hydroxylamine groups is 1. The minimum absolute atomic E-state index is 0.0781. The molecule has 0 aliphatic carbocycles. The zero-order chi connectivity index (χ0) is 20.3. The lowest BCUT2D eigenvalue weighted by Gasteiger charge is -2.27. The average Bonchev–Trinajstić information content (AvgIpc) is 2.62. The van der Waals surface area contributed by atoms with Gasteiger partial charge in [0.05, 0.1) is 17.5 Å². The van der Waals surface area contributed by atoms with Crippen LogP contribution in [0.5, 0.6) is 5.75 Å². The Balaban J connectivity index is 1.66. The van der Waals surface area contributed by atoms with Crippen molar-refractivity contribution in [3.8, 4) is 17.0 Å². The summed E-state index contributed by atoms with van der Waals surface area (Å²) in [6, 6.07) is 6.63. The molecule has 1 amide bonds. The highest BCUT2D eigenvalue weighted by Crippen LogP contribution is 2.23. The Labute approximate surface area is 155 Å². The summed E-state index contributed by atoms with van der Waals surface area (Å²) in [5.41, 5.74) is 1.38. The number of ether oxygens (including phenoxy) is 1.